The van der Waals surface area contributed by atoms with Gasteiger partial charge in [-0.05, 0) is 43.9 Å². The molecule has 0 heterocycles. The first-order valence-corrected chi connectivity index (χ1v) is 8.61. The number of rotatable bonds is 5. The highest BCUT2D eigenvalue weighted by atomic mass is 35.5. The minimum Gasteiger partial charge on any atom is -0.495 e. The van der Waals surface area contributed by atoms with Crippen molar-refractivity contribution in [1.29, 1.82) is 0 Å². The molecule has 2 amide bonds. The molecule has 0 spiro atoms. The first kappa shape index (κ1) is 19.5. The number of hydrogen-bond donors (Lipinski definition) is 3. The van der Waals surface area contributed by atoms with Crippen LogP contribution in [-0.2, 0) is 9.59 Å². The Bertz CT molecular complexity index is 640. The fourth-order valence-corrected chi connectivity index (χ4v) is 3.10. The van der Waals surface area contributed by atoms with Gasteiger partial charge in [0.25, 0.3) is 0 Å². The van der Waals surface area contributed by atoms with Gasteiger partial charge in [-0.2, -0.15) is 0 Å². The van der Waals surface area contributed by atoms with Crippen molar-refractivity contribution in [3.8, 4) is 5.75 Å². The number of benzene rings is 1. The van der Waals surface area contributed by atoms with Crippen LogP contribution in [0.15, 0.2) is 18.2 Å². The van der Waals surface area contributed by atoms with Gasteiger partial charge in [0.15, 0.2) is 0 Å². The molecule has 138 valence electrons. The number of nitrogens with two attached hydrogens (primary N) is 1. The van der Waals surface area contributed by atoms with E-state index in [1.807, 2.05) is 0 Å². The summed E-state index contributed by atoms with van der Waals surface area (Å²) in [7, 11) is 1.56. The largest absolute Gasteiger partial charge is 0.495 e. The second kappa shape index (κ2) is 8.06. The zero-order chi connectivity index (χ0) is 17.2. The van der Waals surface area contributed by atoms with E-state index in [-0.39, 0.29) is 30.1 Å². The van der Waals surface area contributed by atoms with E-state index in [0.29, 0.717) is 30.0 Å². The zero-order valence-electron chi connectivity index (χ0n) is 14.5. The molecule has 0 saturated heterocycles. The zero-order valence-corrected chi connectivity index (χ0v) is 15.3. The van der Waals surface area contributed by atoms with Gasteiger partial charge < -0.3 is 21.1 Å². The molecule has 4 N–H and O–H groups in total. The molecule has 2 aliphatic carbocycles. The average molecular weight is 368 g/mol. The van der Waals surface area contributed by atoms with Crippen LogP contribution >= 0.6 is 12.4 Å². The van der Waals surface area contributed by atoms with Crippen molar-refractivity contribution >= 4 is 35.6 Å². The Balaban J connectivity index is 0.00000225. The molecule has 0 aromatic heterocycles. The van der Waals surface area contributed by atoms with Crippen molar-refractivity contribution < 1.29 is 14.3 Å². The summed E-state index contributed by atoms with van der Waals surface area (Å²) in [6.07, 6.45) is 6.68. The minimum absolute atomic E-state index is 0. The molecular formula is C18H26ClN3O3. The minimum atomic E-state index is -0.731. The van der Waals surface area contributed by atoms with E-state index >= 15 is 0 Å². The Labute approximate surface area is 154 Å². The molecule has 0 atom stereocenters. The van der Waals surface area contributed by atoms with Gasteiger partial charge in [0.2, 0.25) is 11.8 Å². The smallest absolute Gasteiger partial charge is 0.244 e. The Morgan fingerprint density at radius 3 is 2.44 bits per heavy atom. The molecule has 3 rings (SSSR count). The van der Waals surface area contributed by atoms with Gasteiger partial charge in [-0.15, -0.1) is 12.4 Å². The number of anilines is 2. The monoisotopic (exact) mass is 367 g/mol. The van der Waals surface area contributed by atoms with Crippen LogP contribution in [0.3, 0.4) is 0 Å². The highest BCUT2D eigenvalue weighted by molar-refractivity contribution is 6.01. The molecule has 2 fully saturated rings. The van der Waals surface area contributed by atoms with Crippen molar-refractivity contribution in [3.05, 3.63) is 18.2 Å². The van der Waals surface area contributed by atoms with Crippen molar-refractivity contribution in [2.45, 2.75) is 50.5 Å². The van der Waals surface area contributed by atoms with Crippen LogP contribution in [0, 0.1) is 5.92 Å². The van der Waals surface area contributed by atoms with Crippen molar-refractivity contribution in [2.24, 2.45) is 11.7 Å². The number of carbonyl (C=O) groups is 2. The van der Waals surface area contributed by atoms with E-state index in [2.05, 4.69) is 10.6 Å². The maximum absolute atomic E-state index is 12.5. The quantitative estimate of drug-likeness (QED) is 0.745. The number of hydrogen-bond acceptors (Lipinski definition) is 4. The van der Waals surface area contributed by atoms with Gasteiger partial charge in [-0.1, -0.05) is 19.3 Å². The van der Waals surface area contributed by atoms with E-state index < -0.39 is 5.54 Å². The Hall–Kier alpha value is -1.79. The standard InChI is InChI=1S/C18H25N3O3.ClH/c1-24-15-8-7-13(20-17(23)18(19)9-10-18)11-14(15)21-16(22)12-5-3-2-4-6-12;/h7-8,11-12H,2-6,9-10,19H2,1H3,(H,20,23)(H,21,22);1H. The number of amides is 2. The van der Waals surface area contributed by atoms with Gasteiger partial charge in [-0.3, -0.25) is 9.59 Å². The van der Waals surface area contributed by atoms with Crippen LogP contribution in [0.2, 0.25) is 0 Å². The lowest BCUT2D eigenvalue weighted by Crippen LogP contribution is -2.37. The highest BCUT2D eigenvalue weighted by Crippen LogP contribution is 2.35. The van der Waals surface area contributed by atoms with Crippen LogP contribution in [0.1, 0.15) is 44.9 Å². The van der Waals surface area contributed by atoms with Crippen LogP contribution in [0.25, 0.3) is 0 Å². The SMILES string of the molecule is COc1ccc(NC(=O)C2(N)CC2)cc1NC(=O)C1CCCCC1.Cl. The number of halogens is 1. The lowest BCUT2D eigenvalue weighted by atomic mass is 9.88. The molecule has 2 saturated carbocycles. The second-order valence-corrected chi connectivity index (χ2v) is 6.85. The van der Waals surface area contributed by atoms with Gasteiger partial charge in [0.05, 0.1) is 18.3 Å². The average Bonchev–Trinajstić information content (AvgIpc) is 3.35. The number of nitrogens with one attached hydrogen (secondary N) is 2. The molecule has 0 radical (unpaired) electrons. The maximum Gasteiger partial charge on any atom is 0.244 e. The summed E-state index contributed by atoms with van der Waals surface area (Å²) in [5.41, 5.74) is 6.36. The van der Waals surface area contributed by atoms with E-state index in [4.69, 9.17) is 10.5 Å². The third kappa shape index (κ3) is 4.64. The fourth-order valence-electron chi connectivity index (χ4n) is 3.10. The van der Waals surface area contributed by atoms with Crippen molar-refractivity contribution in [1.82, 2.24) is 0 Å². The summed E-state index contributed by atoms with van der Waals surface area (Å²) in [5.74, 6) is 0.470. The first-order valence-electron chi connectivity index (χ1n) is 8.61. The van der Waals surface area contributed by atoms with E-state index in [1.165, 1.54) is 6.42 Å². The van der Waals surface area contributed by atoms with Crippen molar-refractivity contribution in [2.75, 3.05) is 17.7 Å². The Kier molecular flexibility index (Phi) is 6.30. The third-order valence-corrected chi connectivity index (χ3v) is 4.93. The summed E-state index contributed by atoms with van der Waals surface area (Å²) in [5, 5.41) is 5.77. The van der Waals surface area contributed by atoms with Gasteiger partial charge in [-0.25, -0.2) is 0 Å². The first-order chi connectivity index (χ1) is 11.5. The predicted octanol–water partition coefficient (Wildman–Crippen LogP) is 3.07. The van der Waals surface area contributed by atoms with Crippen LogP contribution in [0.5, 0.6) is 5.75 Å². The van der Waals surface area contributed by atoms with Crippen molar-refractivity contribution in [3.63, 3.8) is 0 Å². The summed E-state index contributed by atoms with van der Waals surface area (Å²) in [4.78, 5) is 24.5. The molecule has 0 aliphatic heterocycles. The number of carbonyl (C=O) groups excluding carboxylic acids is 2. The van der Waals surface area contributed by atoms with E-state index in [1.54, 1.807) is 25.3 Å². The summed E-state index contributed by atoms with van der Waals surface area (Å²) in [6.45, 7) is 0. The molecule has 1 aromatic rings. The molecule has 0 bridgehead atoms. The topological polar surface area (TPSA) is 93.4 Å². The normalized spacial score (nSPS) is 18.6. The van der Waals surface area contributed by atoms with Gasteiger partial charge in [0.1, 0.15) is 5.75 Å². The number of methoxy groups -OCH3 is 1. The molecule has 7 heteroatoms. The predicted molar refractivity (Wildman–Crippen MR) is 100 cm³/mol. The van der Waals surface area contributed by atoms with Crippen LogP contribution in [0.4, 0.5) is 11.4 Å². The Morgan fingerprint density at radius 1 is 1.16 bits per heavy atom. The molecular weight excluding hydrogens is 342 g/mol. The summed E-state index contributed by atoms with van der Waals surface area (Å²) < 4.78 is 5.32. The van der Waals surface area contributed by atoms with Gasteiger partial charge >= 0.3 is 0 Å². The fraction of sp³-hybridized carbons (Fsp3) is 0.556. The number of ether oxygens (including phenoxy) is 1. The van der Waals surface area contributed by atoms with Gasteiger partial charge in [0, 0.05) is 11.6 Å². The van der Waals surface area contributed by atoms with E-state index in [9.17, 15) is 9.59 Å². The second-order valence-electron chi connectivity index (χ2n) is 6.85. The Morgan fingerprint density at radius 2 is 1.84 bits per heavy atom. The van der Waals surface area contributed by atoms with Crippen LogP contribution < -0.4 is 21.1 Å². The lowest BCUT2D eigenvalue weighted by molar-refractivity contribution is -0.120. The maximum atomic E-state index is 12.5. The molecule has 6 nitrogen and oxygen atoms in total. The lowest BCUT2D eigenvalue weighted by Gasteiger charge is -2.21. The molecule has 25 heavy (non-hydrogen) atoms. The summed E-state index contributed by atoms with van der Waals surface area (Å²) in [6, 6.07) is 5.21. The molecule has 1 aromatic carbocycles. The molecule has 0 unspecified atom stereocenters. The van der Waals surface area contributed by atoms with E-state index in [0.717, 1.165) is 25.7 Å². The highest BCUT2D eigenvalue weighted by Gasteiger charge is 2.45. The molecule has 2 aliphatic rings. The summed E-state index contributed by atoms with van der Waals surface area (Å²) >= 11 is 0. The third-order valence-electron chi connectivity index (χ3n) is 4.93. The van der Waals surface area contributed by atoms with Crippen LogP contribution in [-0.4, -0.2) is 24.5 Å².